The molecule has 0 spiro atoms. The molecule has 5 nitrogen and oxygen atoms in total. The zero-order valence-electron chi connectivity index (χ0n) is 15.2. The van der Waals surface area contributed by atoms with Crippen molar-refractivity contribution < 1.29 is 19.4 Å². The van der Waals surface area contributed by atoms with E-state index in [0.29, 0.717) is 13.2 Å². The van der Waals surface area contributed by atoms with Gasteiger partial charge in [0.05, 0.1) is 17.7 Å². The number of aliphatic hydroxyl groups excluding tert-OH is 1. The predicted octanol–water partition coefficient (Wildman–Crippen LogP) is 3.55. The van der Waals surface area contributed by atoms with Crippen LogP contribution in [0, 0.1) is 12.3 Å². The van der Waals surface area contributed by atoms with Crippen LogP contribution in [-0.4, -0.2) is 41.0 Å². The lowest BCUT2D eigenvalue weighted by Gasteiger charge is -2.30. The van der Waals surface area contributed by atoms with Crippen molar-refractivity contribution in [3.63, 3.8) is 0 Å². The molecule has 1 aromatic rings. The number of ketones is 1. The van der Waals surface area contributed by atoms with Crippen molar-refractivity contribution in [2.45, 2.75) is 52.7 Å². The smallest absolute Gasteiger partial charge is 0.290 e. The lowest BCUT2D eigenvalue weighted by Crippen LogP contribution is -2.38. The van der Waals surface area contributed by atoms with Crippen LogP contribution in [0.5, 0.6) is 0 Å². The molecule has 0 radical (unpaired) electrons. The number of aryl methyl sites for hydroxylation is 1. The van der Waals surface area contributed by atoms with Crippen molar-refractivity contribution in [2.24, 2.45) is 5.41 Å². The van der Waals surface area contributed by atoms with Crippen LogP contribution in [0.4, 0.5) is 0 Å². The van der Waals surface area contributed by atoms with E-state index in [0.717, 1.165) is 23.3 Å². The van der Waals surface area contributed by atoms with Gasteiger partial charge in [-0.3, -0.25) is 9.59 Å². The number of rotatable bonds is 4. The molecular weight excluding hydrogens is 338 g/mol. The molecule has 2 aliphatic heterocycles. The molecule has 1 N–H and O–H groups in total. The normalized spacial score (nSPS) is 24.5. The van der Waals surface area contributed by atoms with E-state index in [9.17, 15) is 14.7 Å². The van der Waals surface area contributed by atoms with Crippen LogP contribution >= 0.6 is 11.3 Å². The Morgan fingerprint density at radius 2 is 2.16 bits per heavy atom. The molecule has 6 heteroatoms. The number of nitrogens with zero attached hydrogens (tertiary/aromatic N) is 1. The minimum Gasteiger partial charge on any atom is -0.503 e. The van der Waals surface area contributed by atoms with Crippen LogP contribution in [0.25, 0.3) is 0 Å². The van der Waals surface area contributed by atoms with E-state index in [-0.39, 0.29) is 17.5 Å². The van der Waals surface area contributed by atoms with Crippen LogP contribution in [0.2, 0.25) is 0 Å². The van der Waals surface area contributed by atoms with Crippen LogP contribution < -0.4 is 0 Å². The van der Waals surface area contributed by atoms with Gasteiger partial charge in [0, 0.05) is 23.4 Å². The summed E-state index contributed by atoms with van der Waals surface area (Å²) in [5, 5.41) is 12.5. The maximum atomic E-state index is 13.0. The monoisotopic (exact) mass is 363 g/mol. The van der Waals surface area contributed by atoms with Gasteiger partial charge in [0.1, 0.15) is 0 Å². The van der Waals surface area contributed by atoms with Crippen molar-refractivity contribution in [1.82, 2.24) is 4.90 Å². The number of amides is 1. The Labute approximate surface area is 152 Å². The first-order valence-corrected chi connectivity index (χ1v) is 9.54. The molecule has 25 heavy (non-hydrogen) atoms. The SMILES string of the molecule is Cc1ccsc1C1C(C(=O)C(C)(C)C)=C(O)C(=O)N1CC1CCCO1. The van der Waals surface area contributed by atoms with Crippen molar-refractivity contribution in [2.75, 3.05) is 13.2 Å². The second-order valence-electron chi connectivity index (χ2n) is 7.80. The van der Waals surface area contributed by atoms with E-state index in [2.05, 4.69) is 0 Å². The first-order valence-electron chi connectivity index (χ1n) is 8.66. The highest BCUT2D eigenvalue weighted by molar-refractivity contribution is 7.10. The van der Waals surface area contributed by atoms with Gasteiger partial charge in [-0.25, -0.2) is 0 Å². The lowest BCUT2D eigenvalue weighted by atomic mass is 9.83. The molecule has 3 rings (SSSR count). The van der Waals surface area contributed by atoms with Gasteiger partial charge < -0.3 is 14.7 Å². The summed E-state index contributed by atoms with van der Waals surface area (Å²) in [6.45, 7) is 8.48. The van der Waals surface area contributed by atoms with E-state index < -0.39 is 23.1 Å². The molecule has 1 amide bonds. The quantitative estimate of drug-likeness (QED) is 0.888. The van der Waals surface area contributed by atoms with Crippen molar-refractivity contribution >= 4 is 23.0 Å². The summed E-state index contributed by atoms with van der Waals surface area (Å²) in [6.07, 6.45) is 1.83. The topological polar surface area (TPSA) is 66.8 Å². The number of aliphatic hydroxyl groups is 1. The molecule has 0 saturated carbocycles. The molecule has 3 heterocycles. The Balaban J connectivity index is 2.04. The average molecular weight is 363 g/mol. The predicted molar refractivity (Wildman–Crippen MR) is 96.6 cm³/mol. The first kappa shape index (κ1) is 18.1. The molecule has 0 aromatic carbocycles. The van der Waals surface area contributed by atoms with Crippen molar-refractivity contribution in [1.29, 1.82) is 0 Å². The van der Waals surface area contributed by atoms with Gasteiger partial charge in [0.25, 0.3) is 5.91 Å². The summed E-state index contributed by atoms with van der Waals surface area (Å²) in [4.78, 5) is 28.3. The third-order valence-corrected chi connectivity index (χ3v) is 5.88. The molecule has 2 aliphatic rings. The molecule has 2 atom stereocenters. The van der Waals surface area contributed by atoms with Gasteiger partial charge in [-0.15, -0.1) is 11.3 Å². The number of hydrogen-bond acceptors (Lipinski definition) is 5. The minimum absolute atomic E-state index is 0.0383. The third kappa shape index (κ3) is 3.25. The lowest BCUT2D eigenvalue weighted by molar-refractivity contribution is -0.131. The molecule has 0 bridgehead atoms. The standard InChI is InChI=1S/C19H25NO4S/c1-11-7-9-25-16(11)14-13(17(22)19(2,3)4)15(21)18(23)20(14)10-12-6-5-8-24-12/h7,9,12,14,21H,5-6,8,10H2,1-4H3. The van der Waals surface area contributed by atoms with Gasteiger partial charge in [-0.05, 0) is 36.8 Å². The highest BCUT2D eigenvalue weighted by Gasteiger charge is 2.47. The van der Waals surface area contributed by atoms with Gasteiger partial charge in [-0.2, -0.15) is 0 Å². The number of hydrogen-bond donors (Lipinski definition) is 1. The fourth-order valence-corrected chi connectivity index (χ4v) is 4.47. The van der Waals surface area contributed by atoms with E-state index >= 15 is 0 Å². The molecule has 0 aliphatic carbocycles. The Morgan fingerprint density at radius 3 is 2.68 bits per heavy atom. The number of Topliss-reactive ketones (excluding diaryl/α,β-unsaturated/α-hetero) is 1. The largest absolute Gasteiger partial charge is 0.503 e. The first-order chi connectivity index (χ1) is 11.7. The van der Waals surface area contributed by atoms with Gasteiger partial charge in [-0.1, -0.05) is 20.8 Å². The summed E-state index contributed by atoms with van der Waals surface area (Å²) in [5.41, 5.74) is 0.572. The molecular formula is C19H25NO4S. The Hall–Kier alpha value is -1.66. The van der Waals surface area contributed by atoms with Crippen molar-refractivity contribution in [3.8, 4) is 0 Å². The van der Waals surface area contributed by atoms with E-state index in [1.807, 2.05) is 18.4 Å². The van der Waals surface area contributed by atoms with Crippen LogP contribution in [0.1, 0.15) is 50.1 Å². The van der Waals surface area contributed by atoms with Crippen LogP contribution in [0.15, 0.2) is 22.8 Å². The minimum atomic E-state index is -0.674. The highest BCUT2D eigenvalue weighted by atomic mass is 32.1. The molecule has 136 valence electrons. The summed E-state index contributed by atoms with van der Waals surface area (Å²) >= 11 is 1.51. The second kappa shape index (κ2) is 6.57. The van der Waals surface area contributed by atoms with Crippen molar-refractivity contribution in [3.05, 3.63) is 33.2 Å². The number of thiophene rings is 1. The van der Waals surface area contributed by atoms with Crippen LogP contribution in [-0.2, 0) is 14.3 Å². The summed E-state index contributed by atoms with van der Waals surface area (Å²) in [6, 6.07) is 1.45. The van der Waals surface area contributed by atoms with E-state index in [1.165, 1.54) is 11.3 Å². The van der Waals surface area contributed by atoms with Gasteiger partial charge in [0.2, 0.25) is 0 Å². The molecule has 2 unspecified atom stereocenters. The zero-order valence-corrected chi connectivity index (χ0v) is 16.0. The summed E-state index contributed by atoms with van der Waals surface area (Å²) in [7, 11) is 0. The fourth-order valence-electron chi connectivity index (χ4n) is 3.42. The summed E-state index contributed by atoms with van der Waals surface area (Å²) < 4.78 is 5.68. The Morgan fingerprint density at radius 1 is 1.44 bits per heavy atom. The second-order valence-corrected chi connectivity index (χ2v) is 8.75. The number of carbonyl (C=O) groups excluding carboxylic acids is 2. The summed E-state index contributed by atoms with van der Waals surface area (Å²) in [5.74, 6) is -1.07. The third-order valence-electron chi connectivity index (χ3n) is 4.80. The average Bonchev–Trinajstić information content (AvgIpc) is 3.23. The van der Waals surface area contributed by atoms with Gasteiger partial charge >= 0.3 is 0 Å². The van der Waals surface area contributed by atoms with Gasteiger partial charge in [0.15, 0.2) is 11.5 Å². The Bertz CT molecular complexity index is 722. The fraction of sp³-hybridized carbons (Fsp3) is 0.579. The molecule has 1 aromatic heterocycles. The zero-order chi connectivity index (χ0) is 18.4. The van der Waals surface area contributed by atoms with E-state index in [1.54, 1.807) is 25.7 Å². The molecule has 1 saturated heterocycles. The van der Waals surface area contributed by atoms with Crippen LogP contribution in [0.3, 0.4) is 0 Å². The number of ether oxygens (including phenoxy) is 1. The molecule has 1 fully saturated rings. The number of carbonyl (C=O) groups is 2. The maximum absolute atomic E-state index is 13.0. The Kier molecular flexibility index (Phi) is 4.77. The highest BCUT2D eigenvalue weighted by Crippen LogP contribution is 2.44. The maximum Gasteiger partial charge on any atom is 0.290 e. The van der Waals surface area contributed by atoms with E-state index in [4.69, 9.17) is 4.74 Å².